The Bertz CT molecular complexity index is 499. The lowest BCUT2D eigenvalue weighted by molar-refractivity contribution is -0.142. The molecule has 0 aromatic heterocycles. The topological polar surface area (TPSA) is 47.6 Å². The fourth-order valence-electron chi connectivity index (χ4n) is 2.79. The van der Waals surface area contributed by atoms with Gasteiger partial charge in [0.25, 0.3) is 0 Å². The zero-order chi connectivity index (χ0) is 15.2. The van der Waals surface area contributed by atoms with Crippen LogP contribution >= 0.6 is 0 Å². The van der Waals surface area contributed by atoms with Gasteiger partial charge in [0.2, 0.25) is 0 Å². The molecule has 4 nitrogen and oxygen atoms in total. The van der Waals surface area contributed by atoms with E-state index in [0.29, 0.717) is 18.1 Å². The van der Waals surface area contributed by atoms with E-state index in [1.54, 1.807) is 6.92 Å². The molecule has 1 aromatic rings. The number of rotatable bonds is 5. The normalized spacial score (nSPS) is 15.8. The molecule has 1 aliphatic heterocycles. The highest BCUT2D eigenvalue weighted by molar-refractivity contribution is 5.73. The molecule has 1 fully saturated rings. The summed E-state index contributed by atoms with van der Waals surface area (Å²) in [7, 11) is 1.41. The predicted molar refractivity (Wildman–Crippen MR) is 78.1 cm³/mol. The van der Waals surface area contributed by atoms with Crippen LogP contribution in [0.5, 0.6) is 5.75 Å². The number of nitrogens with one attached hydrogen (secondary N) is 1. The van der Waals surface area contributed by atoms with Crippen LogP contribution < -0.4 is 10.1 Å². The Kier molecular flexibility index (Phi) is 5.56. The summed E-state index contributed by atoms with van der Waals surface area (Å²) in [5, 5.41) is 3.29. The third kappa shape index (κ3) is 3.94. The minimum atomic E-state index is -0.409. The summed E-state index contributed by atoms with van der Waals surface area (Å²) >= 11 is 0. The molecular weight excluding hydrogens is 273 g/mol. The first-order valence-corrected chi connectivity index (χ1v) is 7.38. The number of benzene rings is 1. The molecule has 0 radical (unpaired) electrons. The van der Waals surface area contributed by atoms with Gasteiger partial charge in [-0.2, -0.15) is 0 Å². The highest BCUT2D eigenvalue weighted by Gasteiger charge is 2.21. The molecular formula is C16H22FNO3. The van der Waals surface area contributed by atoms with Crippen molar-refractivity contribution in [3.05, 3.63) is 29.1 Å². The van der Waals surface area contributed by atoms with E-state index in [4.69, 9.17) is 9.47 Å². The highest BCUT2D eigenvalue weighted by Crippen LogP contribution is 2.32. The van der Waals surface area contributed by atoms with Crippen LogP contribution in [0.25, 0.3) is 0 Å². The maximum Gasteiger partial charge on any atom is 0.310 e. The number of piperidine rings is 1. The molecule has 1 aliphatic rings. The van der Waals surface area contributed by atoms with Gasteiger partial charge in [-0.3, -0.25) is 4.79 Å². The minimum absolute atomic E-state index is 0.0345. The lowest BCUT2D eigenvalue weighted by Gasteiger charge is -2.24. The number of esters is 1. The first-order chi connectivity index (χ1) is 10.2. The first kappa shape index (κ1) is 15.8. The zero-order valence-corrected chi connectivity index (χ0v) is 12.6. The average Bonchev–Trinajstić information content (AvgIpc) is 2.48. The van der Waals surface area contributed by atoms with Crippen molar-refractivity contribution < 1.29 is 18.7 Å². The number of carbonyl (C=O) groups excluding carboxylic acids is 1. The van der Waals surface area contributed by atoms with Gasteiger partial charge in [-0.25, -0.2) is 4.39 Å². The molecule has 116 valence electrons. The van der Waals surface area contributed by atoms with Crippen molar-refractivity contribution in [2.24, 2.45) is 0 Å². The van der Waals surface area contributed by atoms with E-state index in [0.717, 1.165) is 31.5 Å². The molecule has 1 heterocycles. The SMILES string of the molecule is CCOC(=O)Cc1cc(C2CCNCC2)cc(F)c1OC. The predicted octanol–water partition coefficient (Wildman–Crippen LogP) is 2.41. The van der Waals surface area contributed by atoms with Crippen LogP contribution in [0.3, 0.4) is 0 Å². The maximum atomic E-state index is 14.2. The fraction of sp³-hybridized carbons (Fsp3) is 0.562. The maximum absolute atomic E-state index is 14.2. The fourth-order valence-corrected chi connectivity index (χ4v) is 2.79. The summed E-state index contributed by atoms with van der Waals surface area (Å²) in [6, 6.07) is 3.41. The second-order valence-electron chi connectivity index (χ2n) is 5.20. The molecule has 5 heteroatoms. The zero-order valence-electron chi connectivity index (χ0n) is 12.6. The van der Waals surface area contributed by atoms with Gasteiger partial charge in [0.15, 0.2) is 11.6 Å². The van der Waals surface area contributed by atoms with E-state index < -0.39 is 5.82 Å². The van der Waals surface area contributed by atoms with Gasteiger partial charge in [0, 0.05) is 5.56 Å². The van der Waals surface area contributed by atoms with Crippen molar-refractivity contribution in [2.75, 3.05) is 26.8 Å². The standard InChI is InChI=1S/C16H22FNO3/c1-3-21-15(19)10-13-8-12(9-14(17)16(13)20-2)11-4-6-18-7-5-11/h8-9,11,18H,3-7,10H2,1-2H3. The quantitative estimate of drug-likeness (QED) is 0.847. The monoisotopic (exact) mass is 295 g/mol. The number of carbonyl (C=O) groups is 1. The third-order valence-electron chi connectivity index (χ3n) is 3.80. The van der Waals surface area contributed by atoms with Crippen molar-refractivity contribution in [2.45, 2.75) is 32.1 Å². The highest BCUT2D eigenvalue weighted by atomic mass is 19.1. The summed E-state index contributed by atoms with van der Waals surface area (Å²) in [5.41, 5.74) is 1.50. The van der Waals surface area contributed by atoms with Crippen LogP contribution in [0.2, 0.25) is 0 Å². The Morgan fingerprint density at radius 2 is 2.10 bits per heavy atom. The summed E-state index contributed by atoms with van der Waals surface area (Å²) < 4.78 is 24.3. The molecule has 21 heavy (non-hydrogen) atoms. The summed E-state index contributed by atoms with van der Waals surface area (Å²) in [6.07, 6.45) is 1.99. The number of hydrogen-bond acceptors (Lipinski definition) is 4. The van der Waals surface area contributed by atoms with E-state index in [-0.39, 0.29) is 18.1 Å². The number of halogens is 1. The van der Waals surface area contributed by atoms with Crippen molar-refractivity contribution in [1.29, 1.82) is 0 Å². The second-order valence-corrected chi connectivity index (χ2v) is 5.20. The van der Waals surface area contributed by atoms with Crippen molar-refractivity contribution in [3.8, 4) is 5.75 Å². The summed E-state index contributed by atoms with van der Waals surface area (Å²) in [5.74, 6) is -0.307. The van der Waals surface area contributed by atoms with Crippen LogP contribution in [-0.4, -0.2) is 32.8 Å². The van der Waals surface area contributed by atoms with Crippen molar-refractivity contribution in [3.63, 3.8) is 0 Å². The van der Waals surface area contributed by atoms with Crippen molar-refractivity contribution >= 4 is 5.97 Å². The molecule has 0 saturated carbocycles. The van der Waals surface area contributed by atoms with Crippen LogP contribution in [-0.2, 0) is 16.0 Å². The van der Waals surface area contributed by atoms with Crippen LogP contribution in [0.15, 0.2) is 12.1 Å². The van der Waals surface area contributed by atoms with E-state index in [9.17, 15) is 9.18 Å². The number of hydrogen-bond donors (Lipinski definition) is 1. The average molecular weight is 295 g/mol. The third-order valence-corrected chi connectivity index (χ3v) is 3.80. The van der Waals surface area contributed by atoms with E-state index >= 15 is 0 Å². The van der Waals surface area contributed by atoms with E-state index in [1.807, 2.05) is 6.07 Å². The first-order valence-electron chi connectivity index (χ1n) is 7.38. The Morgan fingerprint density at radius 1 is 1.38 bits per heavy atom. The van der Waals surface area contributed by atoms with Gasteiger partial charge < -0.3 is 14.8 Å². The van der Waals surface area contributed by atoms with Crippen LogP contribution in [0.4, 0.5) is 4.39 Å². The van der Waals surface area contributed by atoms with Gasteiger partial charge >= 0.3 is 5.97 Å². The van der Waals surface area contributed by atoms with Gasteiger partial charge in [-0.15, -0.1) is 0 Å². The molecule has 0 amide bonds. The van der Waals surface area contributed by atoms with Crippen LogP contribution in [0, 0.1) is 5.82 Å². The molecule has 1 N–H and O–H groups in total. The summed E-state index contributed by atoms with van der Waals surface area (Å²) in [6.45, 7) is 3.94. The van der Waals surface area contributed by atoms with Gasteiger partial charge in [-0.1, -0.05) is 6.07 Å². The molecule has 1 saturated heterocycles. The molecule has 0 bridgehead atoms. The largest absolute Gasteiger partial charge is 0.493 e. The van der Waals surface area contributed by atoms with E-state index in [2.05, 4.69) is 5.32 Å². The number of ether oxygens (including phenoxy) is 2. The lowest BCUT2D eigenvalue weighted by atomic mass is 9.88. The lowest BCUT2D eigenvalue weighted by Crippen LogP contribution is -2.26. The molecule has 2 rings (SSSR count). The van der Waals surface area contributed by atoms with E-state index in [1.165, 1.54) is 13.2 Å². The Morgan fingerprint density at radius 3 is 2.71 bits per heavy atom. The molecule has 0 unspecified atom stereocenters. The Labute approximate surface area is 124 Å². The van der Waals surface area contributed by atoms with Gasteiger partial charge in [0.1, 0.15) is 0 Å². The minimum Gasteiger partial charge on any atom is -0.493 e. The Hall–Kier alpha value is -1.62. The van der Waals surface area contributed by atoms with Crippen molar-refractivity contribution in [1.82, 2.24) is 5.32 Å². The van der Waals surface area contributed by atoms with Gasteiger partial charge in [0.05, 0.1) is 20.1 Å². The second kappa shape index (κ2) is 7.41. The molecule has 0 spiro atoms. The molecule has 0 aliphatic carbocycles. The molecule has 1 aromatic carbocycles. The summed E-state index contributed by atoms with van der Waals surface area (Å²) in [4.78, 5) is 11.7. The number of methoxy groups -OCH3 is 1. The van der Waals surface area contributed by atoms with Crippen LogP contribution in [0.1, 0.15) is 36.8 Å². The Balaban J connectivity index is 2.27. The molecule has 0 atom stereocenters. The smallest absolute Gasteiger partial charge is 0.310 e. The van der Waals surface area contributed by atoms with Gasteiger partial charge in [-0.05, 0) is 50.4 Å².